The third kappa shape index (κ3) is 6.28. The predicted octanol–water partition coefficient (Wildman–Crippen LogP) is 5.39. The molecule has 0 bridgehead atoms. The first kappa shape index (κ1) is 25.1. The monoisotopic (exact) mass is 464 g/mol. The minimum atomic E-state index is -0.145. The van der Waals surface area contributed by atoms with Gasteiger partial charge in [-0.3, -0.25) is 9.59 Å². The Bertz CT molecular complexity index is 985. The molecule has 2 aromatic carbocycles. The number of allylic oxidation sites excluding steroid dienone is 2. The molecule has 2 aromatic rings. The lowest BCUT2D eigenvalue weighted by molar-refractivity contribution is -0.122. The van der Waals surface area contributed by atoms with E-state index in [2.05, 4.69) is 0 Å². The summed E-state index contributed by atoms with van der Waals surface area (Å²) in [4.78, 5) is 25.7. The smallest absolute Gasteiger partial charge is 0.161 e. The second kappa shape index (κ2) is 12.1. The summed E-state index contributed by atoms with van der Waals surface area (Å²) >= 11 is 0. The van der Waals surface area contributed by atoms with Crippen molar-refractivity contribution in [3.05, 3.63) is 59.7 Å². The summed E-state index contributed by atoms with van der Waals surface area (Å²) in [6.07, 6.45) is 9.83. The molecule has 0 heterocycles. The third-order valence-electron chi connectivity index (χ3n) is 6.17. The van der Waals surface area contributed by atoms with E-state index in [1.807, 2.05) is 36.4 Å². The van der Waals surface area contributed by atoms with Gasteiger partial charge in [-0.05, 0) is 66.8 Å². The molecule has 34 heavy (non-hydrogen) atoms. The van der Waals surface area contributed by atoms with Crippen molar-refractivity contribution in [1.29, 1.82) is 0 Å². The van der Waals surface area contributed by atoms with Gasteiger partial charge in [-0.15, -0.1) is 0 Å². The van der Waals surface area contributed by atoms with E-state index in [0.29, 0.717) is 29.4 Å². The van der Waals surface area contributed by atoms with E-state index in [9.17, 15) is 9.59 Å². The first-order valence-electron chi connectivity index (χ1n) is 11.4. The zero-order valence-electron chi connectivity index (χ0n) is 20.2. The van der Waals surface area contributed by atoms with Gasteiger partial charge < -0.3 is 18.9 Å². The number of benzene rings is 2. The van der Waals surface area contributed by atoms with Crippen LogP contribution in [-0.2, 0) is 9.59 Å². The lowest BCUT2D eigenvalue weighted by Crippen LogP contribution is -2.25. The van der Waals surface area contributed by atoms with Gasteiger partial charge >= 0.3 is 0 Å². The van der Waals surface area contributed by atoms with Crippen molar-refractivity contribution in [1.82, 2.24) is 0 Å². The van der Waals surface area contributed by atoms with Gasteiger partial charge in [0.2, 0.25) is 0 Å². The van der Waals surface area contributed by atoms with Gasteiger partial charge in [-0.25, -0.2) is 0 Å². The first-order valence-corrected chi connectivity index (χ1v) is 11.4. The summed E-state index contributed by atoms with van der Waals surface area (Å²) in [6, 6.07) is 11.0. The van der Waals surface area contributed by atoms with E-state index in [4.69, 9.17) is 18.9 Å². The summed E-state index contributed by atoms with van der Waals surface area (Å²) < 4.78 is 21.1. The minimum Gasteiger partial charge on any atom is -0.493 e. The van der Waals surface area contributed by atoms with Crippen molar-refractivity contribution in [2.75, 3.05) is 28.4 Å². The SMILES string of the molecule is COc1ccc(C=CC(=O)C2CCCC(C(=O)C=Cc3ccc(OC)c(OC)c3)C2)cc1OC. The van der Waals surface area contributed by atoms with Crippen LogP contribution in [0.4, 0.5) is 0 Å². The largest absolute Gasteiger partial charge is 0.493 e. The second-order valence-electron chi connectivity index (χ2n) is 8.26. The Hall–Kier alpha value is -3.54. The van der Waals surface area contributed by atoms with E-state index < -0.39 is 0 Å². The molecule has 180 valence electrons. The topological polar surface area (TPSA) is 71.1 Å². The van der Waals surface area contributed by atoms with Gasteiger partial charge in [-0.1, -0.05) is 30.7 Å². The van der Waals surface area contributed by atoms with Crippen molar-refractivity contribution in [2.24, 2.45) is 11.8 Å². The predicted molar refractivity (Wildman–Crippen MR) is 133 cm³/mol. The molecule has 2 unspecified atom stereocenters. The minimum absolute atomic E-state index is 0.0520. The summed E-state index contributed by atoms with van der Waals surface area (Å²) in [5.41, 5.74) is 1.71. The van der Waals surface area contributed by atoms with Crippen LogP contribution in [0.3, 0.4) is 0 Å². The number of hydrogen-bond donors (Lipinski definition) is 0. The van der Waals surface area contributed by atoms with Crippen LogP contribution >= 0.6 is 0 Å². The van der Waals surface area contributed by atoms with E-state index in [1.54, 1.807) is 52.7 Å². The van der Waals surface area contributed by atoms with E-state index in [0.717, 1.165) is 30.4 Å². The summed E-state index contributed by atoms with van der Waals surface area (Å²) in [6.45, 7) is 0. The van der Waals surface area contributed by atoms with Crippen molar-refractivity contribution >= 4 is 23.7 Å². The fourth-order valence-corrected chi connectivity index (χ4v) is 4.25. The number of rotatable bonds is 10. The average Bonchev–Trinajstić information content (AvgIpc) is 2.89. The number of ketones is 2. The Balaban J connectivity index is 1.62. The molecule has 2 atom stereocenters. The fraction of sp³-hybridized carbons (Fsp3) is 0.357. The van der Waals surface area contributed by atoms with Crippen LogP contribution in [0.5, 0.6) is 23.0 Å². The Morgan fingerprint density at radius 1 is 0.676 bits per heavy atom. The Morgan fingerprint density at radius 2 is 1.09 bits per heavy atom. The number of carbonyl (C=O) groups excluding carboxylic acids is 2. The zero-order chi connectivity index (χ0) is 24.5. The van der Waals surface area contributed by atoms with Crippen LogP contribution in [-0.4, -0.2) is 40.0 Å². The number of ether oxygens (including phenoxy) is 4. The van der Waals surface area contributed by atoms with E-state index in [1.165, 1.54) is 0 Å². The van der Waals surface area contributed by atoms with Crippen molar-refractivity contribution < 1.29 is 28.5 Å². The zero-order valence-corrected chi connectivity index (χ0v) is 20.2. The lowest BCUT2D eigenvalue weighted by atomic mass is 9.77. The molecule has 0 aliphatic heterocycles. The van der Waals surface area contributed by atoms with Crippen LogP contribution in [0.2, 0.25) is 0 Å². The Morgan fingerprint density at radius 3 is 1.47 bits per heavy atom. The molecule has 1 aliphatic rings. The first-order chi connectivity index (χ1) is 16.5. The van der Waals surface area contributed by atoms with Gasteiger partial charge in [0.05, 0.1) is 28.4 Å². The van der Waals surface area contributed by atoms with Crippen LogP contribution in [0.1, 0.15) is 36.8 Å². The van der Waals surface area contributed by atoms with Crippen LogP contribution in [0.25, 0.3) is 12.2 Å². The van der Waals surface area contributed by atoms with Crippen LogP contribution < -0.4 is 18.9 Å². The maximum atomic E-state index is 12.8. The normalized spacial score (nSPS) is 18.1. The molecule has 0 aromatic heterocycles. The maximum Gasteiger partial charge on any atom is 0.161 e. The molecule has 0 spiro atoms. The van der Waals surface area contributed by atoms with Gasteiger partial charge in [-0.2, -0.15) is 0 Å². The molecular weight excluding hydrogens is 432 g/mol. The third-order valence-corrected chi connectivity index (χ3v) is 6.17. The number of methoxy groups -OCH3 is 4. The van der Waals surface area contributed by atoms with Crippen LogP contribution in [0, 0.1) is 11.8 Å². The molecule has 0 amide bonds. The molecule has 1 fully saturated rings. The number of carbonyl (C=O) groups is 2. The second-order valence-corrected chi connectivity index (χ2v) is 8.26. The molecular formula is C28H32O6. The highest BCUT2D eigenvalue weighted by molar-refractivity contribution is 5.98. The highest BCUT2D eigenvalue weighted by Gasteiger charge is 2.29. The lowest BCUT2D eigenvalue weighted by Gasteiger charge is -2.25. The Labute approximate surface area is 201 Å². The molecule has 0 saturated heterocycles. The molecule has 0 N–H and O–H groups in total. The molecule has 0 radical (unpaired) electrons. The highest BCUT2D eigenvalue weighted by Crippen LogP contribution is 2.32. The molecule has 6 nitrogen and oxygen atoms in total. The standard InChI is InChI=1S/C28H32O6/c1-31-25-14-10-19(16-27(25)33-3)8-12-23(29)21-6-5-7-22(18-21)24(30)13-9-20-11-15-26(32-2)28(17-20)34-4/h8-17,21-22H,5-7,18H2,1-4H3. The quantitative estimate of drug-likeness (QED) is 0.439. The molecule has 1 aliphatic carbocycles. The van der Waals surface area contributed by atoms with Gasteiger partial charge in [0.25, 0.3) is 0 Å². The molecule has 6 heteroatoms. The van der Waals surface area contributed by atoms with Crippen molar-refractivity contribution in [2.45, 2.75) is 25.7 Å². The van der Waals surface area contributed by atoms with Crippen molar-refractivity contribution in [3.63, 3.8) is 0 Å². The molecule has 3 rings (SSSR count). The van der Waals surface area contributed by atoms with Crippen LogP contribution in [0.15, 0.2) is 48.6 Å². The highest BCUT2D eigenvalue weighted by atomic mass is 16.5. The van der Waals surface area contributed by atoms with Gasteiger partial charge in [0, 0.05) is 11.8 Å². The fourth-order valence-electron chi connectivity index (χ4n) is 4.25. The maximum absolute atomic E-state index is 12.8. The van der Waals surface area contributed by atoms with Gasteiger partial charge in [0.15, 0.2) is 34.6 Å². The summed E-state index contributed by atoms with van der Waals surface area (Å²) in [5.74, 6) is 2.32. The van der Waals surface area contributed by atoms with Crippen molar-refractivity contribution in [3.8, 4) is 23.0 Å². The summed E-state index contributed by atoms with van der Waals surface area (Å²) in [7, 11) is 6.33. The van der Waals surface area contributed by atoms with E-state index in [-0.39, 0.29) is 23.4 Å². The average molecular weight is 465 g/mol. The number of hydrogen-bond acceptors (Lipinski definition) is 6. The Kier molecular flexibility index (Phi) is 8.91. The van der Waals surface area contributed by atoms with Gasteiger partial charge in [0.1, 0.15) is 0 Å². The summed E-state index contributed by atoms with van der Waals surface area (Å²) in [5, 5.41) is 0. The van der Waals surface area contributed by atoms with E-state index >= 15 is 0 Å². The molecule has 1 saturated carbocycles.